The van der Waals surface area contributed by atoms with Crippen molar-refractivity contribution in [2.45, 2.75) is 19.8 Å². The molecule has 1 aromatic heterocycles. The predicted molar refractivity (Wildman–Crippen MR) is 79.8 cm³/mol. The van der Waals surface area contributed by atoms with E-state index in [9.17, 15) is 10.1 Å². The Morgan fingerprint density at radius 1 is 1.43 bits per heavy atom. The van der Waals surface area contributed by atoms with Crippen LogP contribution in [-0.2, 0) is 6.42 Å². The Bertz CT molecular complexity index is 624. The first-order valence-electron chi connectivity index (χ1n) is 6.66. The van der Waals surface area contributed by atoms with Crippen LogP contribution in [0.1, 0.15) is 17.7 Å². The molecule has 7 nitrogen and oxygen atoms in total. The molecule has 0 bridgehead atoms. The van der Waals surface area contributed by atoms with Gasteiger partial charge in [0, 0.05) is 30.1 Å². The molecular weight excluding hydrogens is 272 g/mol. The van der Waals surface area contributed by atoms with Crippen molar-refractivity contribution < 1.29 is 9.66 Å². The molecule has 0 saturated heterocycles. The van der Waals surface area contributed by atoms with Crippen LogP contribution in [-0.4, -0.2) is 28.8 Å². The van der Waals surface area contributed by atoms with E-state index >= 15 is 0 Å². The van der Waals surface area contributed by atoms with Crippen LogP contribution in [0.3, 0.4) is 0 Å². The summed E-state index contributed by atoms with van der Waals surface area (Å²) in [4.78, 5) is 10.4. The van der Waals surface area contributed by atoms with Gasteiger partial charge in [0.25, 0.3) is 5.69 Å². The monoisotopic (exact) mass is 290 g/mol. The van der Waals surface area contributed by atoms with Gasteiger partial charge in [0.15, 0.2) is 0 Å². The van der Waals surface area contributed by atoms with E-state index in [0.29, 0.717) is 11.4 Å². The Morgan fingerprint density at radius 3 is 2.86 bits per heavy atom. The number of benzene rings is 1. The molecule has 2 rings (SSSR count). The van der Waals surface area contributed by atoms with Gasteiger partial charge in [-0.2, -0.15) is 5.10 Å². The Labute approximate surface area is 122 Å². The van der Waals surface area contributed by atoms with Gasteiger partial charge in [0.05, 0.1) is 24.3 Å². The summed E-state index contributed by atoms with van der Waals surface area (Å²) >= 11 is 0. The quantitative estimate of drug-likeness (QED) is 0.464. The standard InChI is InChI=1S/C14H18N4O3/c1-10-11(9-16-17-10)4-3-5-15-12-6-13(18(19)20)8-14(7-12)21-2/h6-9,15H,3-5H2,1-2H3,(H,16,17). The van der Waals surface area contributed by atoms with Crippen LogP contribution in [0.25, 0.3) is 0 Å². The van der Waals surface area contributed by atoms with Gasteiger partial charge in [0.1, 0.15) is 5.75 Å². The summed E-state index contributed by atoms with van der Waals surface area (Å²) in [6.07, 6.45) is 3.64. The Hall–Kier alpha value is -2.57. The summed E-state index contributed by atoms with van der Waals surface area (Å²) in [5, 5.41) is 20.9. The van der Waals surface area contributed by atoms with E-state index in [0.717, 1.165) is 25.1 Å². The zero-order valence-corrected chi connectivity index (χ0v) is 12.0. The van der Waals surface area contributed by atoms with Gasteiger partial charge in [0.2, 0.25) is 0 Å². The van der Waals surface area contributed by atoms with Crippen molar-refractivity contribution >= 4 is 11.4 Å². The zero-order chi connectivity index (χ0) is 15.2. The van der Waals surface area contributed by atoms with Crippen LogP contribution in [0.4, 0.5) is 11.4 Å². The normalized spacial score (nSPS) is 10.4. The summed E-state index contributed by atoms with van der Waals surface area (Å²) < 4.78 is 5.07. The molecule has 2 N–H and O–H groups in total. The van der Waals surface area contributed by atoms with Gasteiger partial charge < -0.3 is 10.1 Å². The molecule has 0 aliphatic rings. The molecule has 112 valence electrons. The number of nitro groups is 1. The third-order valence-electron chi connectivity index (χ3n) is 3.22. The van der Waals surface area contributed by atoms with E-state index in [-0.39, 0.29) is 5.69 Å². The summed E-state index contributed by atoms with van der Waals surface area (Å²) in [7, 11) is 1.49. The number of methoxy groups -OCH3 is 1. The highest BCUT2D eigenvalue weighted by Gasteiger charge is 2.10. The molecule has 1 heterocycles. The largest absolute Gasteiger partial charge is 0.496 e. The average Bonchev–Trinajstić information content (AvgIpc) is 2.88. The molecule has 0 amide bonds. The van der Waals surface area contributed by atoms with E-state index in [4.69, 9.17) is 4.74 Å². The van der Waals surface area contributed by atoms with Crippen LogP contribution >= 0.6 is 0 Å². The molecule has 2 aromatic rings. The van der Waals surface area contributed by atoms with Gasteiger partial charge in [-0.3, -0.25) is 15.2 Å². The summed E-state index contributed by atoms with van der Waals surface area (Å²) in [6, 6.07) is 4.65. The minimum Gasteiger partial charge on any atom is -0.496 e. The second-order valence-corrected chi connectivity index (χ2v) is 4.73. The van der Waals surface area contributed by atoms with Crippen LogP contribution in [0.2, 0.25) is 0 Å². The molecule has 0 aliphatic heterocycles. The maximum Gasteiger partial charge on any atom is 0.275 e. The van der Waals surface area contributed by atoms with E-state index in [2.05, 4.69) is 15.5 Å². The molecule has 0 spiro atoms. The van der Waals surface area contributed by atoms with Crippen molar-refractivity contribution in [1.82, 2.24) is 10.2 Å². The number of non-ortho nitro benzene ring substituents is 1. The van der Waals surface area contributed by atoms with E-state index < -0.39 is 4.92 Å². The number of nitrogens with one attached hydrogen (secondary N) is 2. The lowest BCUT2D eigenvalue weighted by Gasteiger charge is -2.08. The van der Waals surface area contributed by atoms with Crippen LogP contribution in [0, 0.1) is 17.0 Å². The summed E-state index contributed by atoms with van der Waals surface area (Å²) in [5.74, 6) is 0.470. The lowest BCUT2D eigenvalue weighted by molar-refractivity contribution is -0.384. The number of aromatic amines is 1. The number of anilines is 1. The lowest BCUT2D eigenvalue weighted by atomic mass is 10.1. The van der Waals surface area contributed by atoms with Gasteiger partial charge in [-0.1, -0.05) is 0 Å². The molecule has 0 unspecified atom stereocenters. The van der Waals surface area contributed by atoms with Crippen molar-refractivity contribution in [3.63, 3.8) is 0 Å². The smallest absolute Gasteiger partial charge is 0.275 e. The Balaban J connectivity index is 1.92. The summed E-state index contributed by atoms with van der Waals surface area (Å²) in [6.45, 7) is 2.70. The predicted octanol–water partition coefficient (Wildman–Crippen LogP) is 2.68. The second kappa shape index (κ2) is 6.74. The van der Waals surface area contributed by atoms with Crippen molar-refractivity contribution in [3.8, 4) is 5.75 Å². The van der Waals surface area contributed by atoms with Crippen molar-refractivity contribution in [2.24, 2.45) is 0 Å². The molecule has 0 fully saturated rings. The fourth-order valence-corrected chi connectivity index (χ4v) is 2.05. The SMILES string of the molecule is COc1cc(NCCCc2cn[nH]c2C)cc([N+](=O)[O-])c1. The highest BCUT2D eigenvalue weighted by atomic mass is 16.6. The number of aromatic nitrogens is 2. The lowest BCUT2D eigenvalue weighted by Crippen LogP contribution is -2.04. The fraction of sp³-hybridized carbons (Fsp3) is 0.357. The maximum atomic E-state index is 10.9. The van der Waals surface area contributed by atoms with Crippen LogP contribution in [0.5, 0.6) is 5.75 Å². The number of rotatable bonds is 7. The topological polar surface area (TPSA) is 93.1 Å². The molecule has 7 heteroatoms. The first-order chi connectivity index (χ1) is 10.1. The third kappa shape index (κ3) is 3.95. The average molecular weight is 290 g/mol. The fourth-order valence-electron chi connectivity index (χ4n) is 2.05. The van der Waals surface area contributed by atoms with E-state index in [1.807, 2.05) is 13.1 Å². The first kappa shape index (κ1) is 14.8. The highest BCUT2D eigenvalue weighted by molar-refractivity contribution is 5.56. The van der Waals surface area contributed by atoms with Crippen LogP contribution < -0.4 is 10.1 Å². The number of nitro benzene ring substituents is 1. The summed E-state index contributed by atoms with van der Waals surface area (Å²) in [5.41, 5.74) is 2.97. The van der Waals surface area contributed by atoms with Crippen molar-refractivity contribution in [1.29, 1.82) is 0 Å². The van der Waals surface area contributed by atoms with Gasteiger partial charge in [-0.25, -0.2) is 0 Å². The van der Waals surface area contributed by atoms with Gasteiger partial charge in [-0.15, -0.1) is 0 Å². The molecule has 0 atom stereocenters. The van der Waals surface area contributed by atoms with Crippen molar-refractivity contribution in [2.75, 3.05) is 19.0 Å². The first-order valence-corrected chi connectivity index (χ1v) is 6.66. The number of aryl methyl sites for hydroxylation is 2. The molecule has 1 aromatic carbocycles. The third-order valence-corrected chi connectivity index (χ3v) is 3.22. The second-order valence-electron chi connectivity index (χ2n) is 4.73. The number of hydrogen-bond acceptors (Lipinski definition) is 5. The Morgan fingerprint density at radius 2 is 2.24 bits per heavy atom. The zero-order valence-electron chi connectivity index (χ0n) is 12.0. The molecule has 21 heavy (non-hydrogen) atoms. The molecule has 0 saturated carbocycles. The minimum absolute atomic E-state index is 0.0162. The minimum atomic E-state index is -0.428. The molecule has 0 radical (unpaired) electrons. The number of ether oxygens (including phenoxy) is 1. The number of nitrogens with zero attached hydrogens (tertiary/aromatic N) is 2. The maximum absolute atomic E-state index is 10.9. The van der Waals surface area contributed by atoms with E-state index in [1.165, 1.54) is 24.8 Å². The number of hydrogen-bond donors (Lipinski definition) is 2. The highest BCUT2D eigenvalue weighted by Crippen LogP contribution is 2.25. The Kier molecular flexibility index (Phi) is 4.76. The van der Waals surface area contributed by atoms with Gasteiger partial charge >= 0.3 is 0 Å². The van der Waals surface area contributed by atoms with Crippen molar-refractivity contribution in [3.05, 3.63) is 45.8 Å². The molecular formula is C14H18N4O3. The number of H-pyrrole nitrogens is 1. The van der Waals surface area contributed by atoms with E-state index in [1.54, 1.807) is 6.07 Å². The van der Waals surface area contributed by atoms with Gasteiger partial charge in [-0.05, 0) is 25.3 Å². The van der Waals surface area contributed by atoms with Crippen LogP contribution in [0.15, 0.2) is 24.4 Å². The molecule has 0 aliphatic carbocycles.